The molecule has 1 aliphatic rings. The summed E-state index contributed by atoms with van der Waals surface area (Å²) in [6, 6.07) is 9.12. The Morgan fingerprint density at radius 2 is 1.53 bits per heavy atom. The van der Waals surface area contributed by atoms with Crippen LogP contribution in [0.4, 0.5) is 5.69 Å². The lowest BCUT2D eigenvalue weighted by molar-refractivity contribution is -0.120. The molecule has 10 heteroatoms. The minimum atomic E-state index is -4.20. The molecule has 186 valence electrons. The predicted molar refractivity (Wildman–Crippen MR) is 129 cm³/mol. The number of hydrogen-bond acceptors (Lipinski definition) is 7. The van der Waals surface area contributed by atoms with Gasteiger partial charge in [0.05, 0.1) is 39.0 Å². The molecule has 0 aliphatic heterocycles. The van der Waals surface area contributed by atoms with E-state index in [9.17, 15) is 13.2 Å². The lowest BCUT2D eigenvalue weighted by Crippen LogP contribution is -2.45. The van der Waals surface area contributed by atoms with Crippen LogP contribution in [0, 0.1) is 0 Å². The van der Waals surface area contributed by atoms with Gasteiger partial charge in [0, 0.05) is 18.2 Å². The largest absolute Gasteiger partial charge is 0.497 e. The summed E-state index contributed by atoms with van der Waals surface area (Å²) in [6.07, 6.45) is 5.01. The van der Waals surface area contributed by atoms with Gasteiger partial charge in [-0.1, -0.05) is 19.3 Å². The Balaban J connectivity index is 2.04. The Kier molecular flexibility index (Phi) is 8.49. The van der Waals surface area contributed by atoms with Crippen LogP contribution in [-0.2, 0) is 14.8 Å². The third-order valence-electron chi connectivity index (χ3n) is 5.86. The van der Waals surface area contributed by atoms with Crippen molar-refractivity contribution < 1.29 is 32.2 Å². The fourth-order valence-corrected chi connectivity index (χ4v) is 5.49. The van der Waals surface area contributed by atoms with Gasteiger partial charge in [0.2, 0.25) is 5.91 Å². The molecule has 1 N–H and O–H groups in total. The Morgan fingerprint density at radius 3 is 2.15 bits per heavy atom. The highest BCUT2D eigenvalue weighted by atomic mass is 32.2. The molecule has 2 aromatic carbocycles. The molecule has 0 radical (unpaired) electrons. The first kappa shape index (κ1) is 25.5. The first-order valence-electron chi connectivity index (χ1n) is 11.1. The molecule has 0 aromatic heterocycles. The molecule has 0 saturated heterocycles. The summed E-state index contributed by atoms with van der Waals surface area (Å²) in [6.45, 7) is -0.420. The molecule has 1 fully saturated rings. The summed E-state index contributed by atoms with van der Waals surface area (Å²) in [4.78, 5) is 13.0. The predicted octanol–water partition coefficient (Wildman–Crippen LogP) is 3.37. The fraction of sp³-hybridized carbons (Fsp3) is 0.458. The van der Waals surface area contributed by atoms with E-state index in [-0.39, 0.29) is 34.0 Å². The number of nitrogens with one attached hydrogen (secondary N) is 1. The summed E-state index contributed by atoms with van der Waals surface area (Å²) in [5, 5.41) is 2.99. The second kappa shape index (κ2) is 11.3. The average molecular weight is 493 g/mol. The van der Waals surface area contributed by atoms with Crippen LogP contribution in [0.25, 0.3) is 0 Å². The number of anilines is 1. The lowest BCUT2D eigenvalue weighted by Gasteiger charge is -2.28. The number of rotatable bonds is 10. The topological polar surface area (TPSA) is 103 Å². The van der Waals surface area contributed by atoms with Crippen LogP contribution < -0.4 is 28.6 Å². The zero-order chi connectivity index (χ0) is 24.7. The Morgan fingerprint density at radius 1 is 0.882 bits per heavy atom. The van der Waals surface area contributed by atoms with Crippen molar-refractivity contribution in [2.24, 2.45) is 0 Å². The van der Waals surface area contributed by atoms with E-state index in [1.54, 1.807) is 12.1 Å². The van der Waals surface area contributed by atoms with E-state index in [4.69, 9.17) is 18.9 Å². The number of ether oxygens (including phenoxy) is 4. The van der Waals surface area contributed by atoms with Crippen molar-refractivity contribution in [2.75, 3.05) is 39.3 Å². The van der Waals surface area contributed by atoms with Crippen LogP contribution in [0.1, 0.15) is 32.1 Å². The van der Waals surface area contributed by atoms with Crippen LogP contribution >= 0.6 is 0 Å². The number of carbonyl (C=O) groups is 1. The minimum Gasteiger partial charge on any atom is -0.497 e. The van der Waals surface area contributed by atoms with Gasteiger partial charge in [0.15, 0.2) is 11.5 Å². The molecular formula is C24H32N2O7S. The Bertz CT molecular complexity index is 1100. The molecule has 0 unspecified atom stereocenters. The van der Waals surface area contributed by atoms with Gasteiger partial charge in [-0.2, -0.15) is 0 Å². The van der Waals surface area contributed by atoms with Gasteiger partial charge in [0.1, 0.15) is 18.0 Å². The minimum absolute atomic E-state index is 0.0408. The fourth-order valence-electron chi connectivity index (χ4n) is 4.05. The van der Waals surface area contributed by atoms with Crippen LogP contribution in [0.15, 0.2) is 41.3 Å². The number of sulfonamides is 1. The van der Waals surface area contributed by atoms with E-state index in [1.807, 2.05) is 0 Å². The molecule has 0 bridgehead atoms. The molecule has 1 saturated carbocycles. The molecule has 3 rings (SSSR count). The molecule has 34 heavy (non-hydrogen) atoms. The quantitative estimate of drug-likeness (QED) is 0.542. The van der Waals surface area contributed by atoms with Crippen LogP contribution in [-0.4, -0.2) is 55.4 Å². The van der Waals surface area contributed by atoms with E-state index in [1.165, 1.54) is 52.7 Å². The average Bonchev–Trinajstić information content (AvgIpc) is 2.86. The van der Waals surface area contributed by atoms with Gasteiger partial charge in [-0.15, -0.1) is 0 Å². The monoisotopic (exact) mass is 492 g/mol. The van der Waals surface area contributed by atoms with Crippen molar-refractivity contribution in [3.05, 3.63) is 36.4 Å². The highest BCUT2D eigenvalue weighted by Crippen LogP contribution is 2.37. The summed E-state index contributed by atoms with van der Waals surface area (Å²) >= 11 is 0. The molecular weight excluding hydrogens is 460 g/mol. The lowest BCUT2D eigenvalue weighted by atomic mass is 9.95. The number of hydrogen-bond donors (Lipinski definition) is 1. The molecule has 0 heterocycles. The van der Waals surface area contributed by atoms with E-state index < -0.39 is 16.6 Å². The third kappa shape index (κ3) is 5.67. The van der Waals surface area contributed by atoms with Crippen molar-refractivity contribution >= 4 is 21.6 Å². The first-order valence-corrected chi connectivity index (χ1v) is 12.5. The number of benzene rings is 2. The smallest absolute Gasteiger partial charge is 0.265 e. The van der Waals surface area contributed by atoms with E-state index in [2.05, 4.69) is 5.32 Å². The van der Waals surface area contributed by atoms with Gasteiger partial charge >= 0.3 is 0 Å². The Labute approximate surface area is 201 Å². The van der Waals surface area contributed by atoms with Crippen molar-refractivity contribution in [1.82, 2.24) is 5.32 Å². The van der Waals surface area contributed by atoms with Crippen molar-refractivity contribution in [3.8, 4) is 23.0 Å². The molecule has 0 spiro atoms. The second-order valence-electron chi connectivity index (χ2n) is 7.97. The SMILES string of the molecule is COc1ccc(OC)c(N(CC(=O)NC2CCCCC2)S(=O)(=O)c2ccc(OC)c(OC)c2)c1. The maximum Gasteiger partial charge on any atom is 0.265 e. The number of nitrogens with zero attached hydrogens (tertiary/aromatic N) is 1. The van der Waals surface area contributed by atoms with Crippen LogP contribution in [0.3, 0.4) is 0 Å². The van der Waals surface area contributed by atoms with E-state index in [0.717, 1.165) is 36.4 Å². The van der Waals surface area contributed by atoms with Gasteiger partial charge in [-0.25, -0.2) is 8.42 Å². The highest BCUT2D eigenvalue weighted by Gasteiger charge is 2.31. The standard InChI is InChI=1S/C24H32N2O7S/c1-30-18-10-12-21(31-2)20(14-18)26(16-24(27)25-17-8-6-5-7-9-17)34(28,29)19-11-13-22(32-3)23(15-19)33-4/h10-15,17H,5-9,16H2,1-4H3,(H,25,27). The van der Waals surface area contributed by atoms with E-state index in [0.29, 0.717) is 11.5 Å². The Hall–Kier alpha value is -3.14. The summed E-state index contributed by atoms with van der Waals surface area (Å²) < 4.78 is 50.0. The number of methoxy groups -OCH3 is 4. The molecule has 2 aromatic rings. The van der Waals surface area contributed by atoms with Gasteiger partial charge in [0.25, 0.3) is 10.0 Å². The zero-order valence-electron chi connectivity index (χ0n) is 20.0. The zero-order valence-corrected chi connectivity index (χ0v) is 20.8. The van der Waals surface area contributed by atoms with Crippen molar-refractivity contribution in [2.45, 2.75) is 43.0 Å². The van der Waals surface area contributed by atoms with Crippen molar-refractivity contribution in [3.63, 3.8) is 0 Å². The summed E-state index contributed by atoms with van der Waals surface area (Å²) in [7, 11) is 1.61. The van der Waals surface area contributed by atoms with Crippen molar-refractivity contribution in [1.29, 1.82) is 0 Å². The third-order valence-corrected chi connectivity index (χ3v) is 7.61. The highest BCUT2D eigenvalue weighted by molar-refractivity contribution is 7.92. The molecule has 9 nitrogen and oxygen atoms in total. The summed E-state index contributed by atoms with van der Waals surface area (Å²) in [5.74, 6) is 0.974. The van der Waals surface area contributed by atoms with Gasteiger partial charge in [-0.05, 0) is 37.1 Å². The number of amides is 1. The van der Waals surface area contributed by atoms with Crippen LogP contribution in [0.2, 0.25) is 0 Å². The summed E-state index contributed by atoms with van der Waals surface area (Å²) in [5.41, 5.74) is 0.190. The van der Waals surface area contributed by atoms with Gasteiger partial charge < -0.3 is 24.3 Å². The molecule has 1 amide bonds. The maximum atomic E-state index is 13.8. The first-order chi connectivity index (χ1) is 16.3. The van der Waals surface area contributed by atoms with E-state index >= 15 is 0 Å². The normalized spacial score (nSPS) is 14.2. The van der Waals surface area contributed by atoms with Crippen LogP contribution in [0.5, 0.6) is 23.0 Å². The maximum absolute atomic E-state index is 13.8. The van der Waals surface area contributed by atoms with Gasteiger partial charge in [-0.3, -0.25) is 9.10 Å². The molecule has 0 atom stereocenters. The molecule has 1 aliphatic carbocycles. The second-order valence-corrected chi connectivity index (χ2v) is 9.83. The number of carbonyl (C=O) groups excluding carboxylic acids is 1.